The van der Waals surface area contributed by atoms with Gasteiger partial charge in [-0.15, -0.1) is 16.4 Å². The Bertz CT molecular complexity index is 793. The zero-order valence-electron chi connectivity index (χ0n) is 11.8. The van der Waals surface area contributed by atoms with E-state index in [1.54, 1.807) is 0 Å². The SMILES string of the molecule is Cc1ccc2c(n1)SCc1c[n+](Cc3ccccc3)[nH]c1-2. The highest BCUT2D eigenvalue weighted by Gasteiger charge is 2.24. The zero-order chi connectivity index (χ0) is 14.2. The molecule has 0 radical (unpaired) electrons. The molecule has 3 nitrogen and oxygen atoms in total. The Morgan fingerprint density at radius 3 is 2.90 bits per heavy atom. The summed E-state index contributed by atoms with van der Waals surface area (Å²) >= 11 is 1.82. The summed E-state index contributed by atoms with van der Waals surface area (Å²) in [5.74, 6) is 0.983. The Morgan fingerprint density at radius 1 is 1.19 bits per heavy atom. The van der Waals surface area contributed by atoms with Crippen LogP contribution < -0.4 is 4.68 Å². The zero-order valence-corrected chi connectivity index (χ0v) is 12.7. The molecular formula is C17H16N3S+. The summed E-state index contributed by atoms with van der Waals surface area (Å²) in [5, 5.41) is 4.66. The highest BCUT2D eigenvalue weighted by Crippen LogP contribution is 2.38. The van der Waals surface area contributed by atoms with Gasteiger partial charge in [-0.25, -0.2) is 4.98 Å². The van der Waals surface area contributed by atoms with Gasteiger partial charge in [0.2, 0.25) is 6.20 Å². The third-order valence-electron chi connectivity index (χ3n) is 3.72. The van der Waals surface area contributed by atoms with Crippen molar-refractivity contribution in [1.29, 1.82) is 0 Å². The molecule has 0 atom stereocenters. The van der Waals surface area contributed by atoms with E-state index >= 15 is 0 Å². The van der Waals surface area contributed by atoms with E-state index < -0.39 is 0 Å². The highest BCUT2D eigenvalue weighted by atomic mass is 32.2. The fraction of sp³-hybridized carbons (Fsp3) is 0.176. The number of aromatic amines is 1. The van der Waals surface area contributed by atoms with Gasteiger partial charge >= 0.3 is 0 Å². The van der Waals surface area contributed by atoms with Crippen molar-refractivity contribution in [3.05, 3.63) is 65.5 Å². The van der Waals surface area contributed by atoms with Crippen LogP contribution in [-0.4, -0.2) is 10.1 Å². The summed E-state index contributed by atoms with van der Waals surface area (Å²) in [7, 11) is 0. The average molecular weight is 294 g/mol. The third-order valence-corrected chi connectivity index (χ3v) is 4.76. The monoisotopic (exact) mass is 294 g/mol. The molecule has 1 N–H and O–H groups in total. The quantitative estimate of drug-likeness (QED) is 0.735. The molecular weight excluding hydrogens is 278 g/mol. The van der Waals surface area contributed by atoms with E-state index in [-0.39, 0.29) is 0 Å². The third kappa shape index (κ3) is 2.36. The van der Waals surface area contributed by atoms with Crippen LogP contribution in [0.15, 0.2) is 53.7 Å². The average Bonchev–Trinajstić information content (AvgIpc) is 2.90. The summed E-state index contributed by atoms with van der Waals surface area (Å²) < 4.78 is 2.16. The molecule has 104 valence electrons. The van der Waals surface area contributed by atoms with Gasteiger partial charge in [0.15, 0.2) is 6.54 Å². The Morgan fingerprint density at radius 2 is 2.05 bits per heavy atom. The van der Waals surface area contributed by atoms with Crippen LogP contribution in [-0.2, 0) is 12.3 Å². The molecule has 4 rings (SSSR count). The lowest BCUT2D eigenvalue weighted by Crippen LogP contribution is -2.35. The van der Waals surface area contributed by atoms with Gasteiger partial charge in [0.1, 0.15) is 10.7 Å². The lowest BCUT2D eigenvalue weighted by Gasteiger charge is -2.12. The van der Waals surface area contributed by atoms with E-state index in [4.69, 9.17) is 0 Å². The van der Waals surface area contributed by atoms with Crippen molar-refractivity contribution in [2.45, 2.75) is 24.2 Å². The molecule has 3 aromatic rings. The maximum Gasteiger partial charge on any atom is 0.200 e. The molecule has 1 aliphatic heterocycles. The second kappa shape index (κ2) is 5.04. The van der Waals surface area contributed by atoms with E-state index in [0.717, 1.165) is 23.0 Å². The first-order valence-electron chi connectivity index (χ1n) is 7.06. The first kappa shape index (κ1) is 12.7. The van der Waals surface area contributed by atoms with Crippen LogP contribution in [0.1, 0.15) is 16.8 Å². The summed E-state index contributed by atoms with van der Waals surface area (Å²) in [6, 6.07) is 14.8. The fourth-order valence-electron chi connectivity index (χ4n) is 2.69. The molecule has 21 heavy (non-hydrogen) atoms. The second-order valence-electron chi connectivity index (χ2n) is 5.35. The lowest BCUT2D eigenvalue weighted by atomic mass is 10.1. The van der Waals surface area contributed by atoms with Crippen LogP contribution >= 0.6 is 11.8 Å². The number of aryl methyl sites for hydroxylation is 1. The molecule has 1 aliphatic rings. The molecule has 0 amide bonds. The number of hydrogen-bond acceptors (Lipinski definition) is 2. The molecule has 0 saturated heterocycles. The van der Waals surface area contributed by atoms with Crippen molar-refractivity contribution < 1.29 is 4.68 Å². The number of thioether (sulfide) groups is 1. The summed E-state index contributed by atoms with van der Waals surface area (Å²) in [6.45, 7) is 2.91. The highest BCUT2D eigenvalue weighted by molar-refractivity contribution is 7.98. The Hall–Kier alpha value is -2.07. The van der Waals surface area contributed by atoms with Gasteiger partial charge in [0, 0.05) is 22.6 Å². The maximum absolute atomic E-state index is 4.64. The molecule has 0 saturated carbocycles. The van der Waals surface area contributed by atoms with Crippen LogP contribution in [0.4, 0.5) is 0 Å². The van der Waals surface area contributed by atoms with Crippen LogP contribution in [0.25, 0.3) is 11.3 Å². The molecule has 0 spiro atoms. The van der Waals surface area contributed by atoms with E-state index in [1.165, 1.54) is 22.4 Å². The molecule has 1 aromatic carbocycles. The second-order valence-corrected chi connectivity index (χ2v) is 6.31. The smallest absolute Gasteiger partial charge is 0.200 e. The topological polar surface area (TPSA) is 32.6 Å². The van der Waals surface area contributed by atoms with Crippen LogP contribution in [0, 0.1) is 6.92 Å². The largest absolute Gasteiger partial charge is 0.246 e. The molecule has 3 heterocycles. The number of rotatable bonds is 2. The van der Waals surface area contributed by atoms with Crippen LogP contribution in [0.2, 0.25) is 0 Å². The van der Waals surface area contributed by atoms with E-state index in [9.17, 15) is 0 Å². The van der Waals surface area contributed by atoms with E-state index in [1.807, 2.05) is 18.7 Å². The fourth-order valence-corrected chi connectivity index (χ4v) is 3.73. The Labute approximate surface area is 128 Å². The van der Waals surface area contributed by atoms with Gasteiger partial charge in [-0.2, -0.15) is 5.10 Å². The van der Waals surface area contributed by atoms with Crippen LogP contribution in [0.3, 0.4) is 0 Å². The summed E-state index contributed by atoms with van der Waals surface area (Å²) in [6.07, 6.45) is 2.22. The van der Waals surface area contributed by atoms with Crippen molar-refractivity contribution in [2.75, 3.05) is 0 Å². The molecule has 0 bridgehead atoms. The standard InChI is InChI=1S/C17H15N3S/c1-12-7-8-15-16-14(11-21-17(15)18-12)10-20(19-16)9-13-5-3-2-4-6-13/h2-8,10H,9,11H2,1H3/p+1. The normalized spacial score (nSPS) is 12.8. The van der Waals surface area contributed by atoms with Gasteiger partial charge in [0.05, 0.1) is 5.56 Å². The number of pyridine rings is 1. The number of benzene rings is 1. The first-order chi connectivity index (χ1) is 10.3. The minimum Gasteiger partial charge on any atom is -0.246 e. The number of nitrogens with one attached hydrogen (secondary N) is 1. The summed E-state index contributed by atoms with van der Waals surface area (Å²) in [4.78, 5) is 4.64. The number of fused-ring (bicyclic) bond motifs is 3. The number of hydrogen-bond donors (Lipinski definition) is 1. The predicted molar refractivity (Wildman–Crippen MR) is 84.1 cm³/mol. The molecule has 4 heteroatoms. The Balaban J connectivity index is 1.72. The van der Waals surface area contributed by atoms with Gasteiger partial charge in [0.25, 0.3) is 0 Å². The van der Waals surface area contributed by atoms with Crippen molar-refractivity contribution in [2.24, 2.45) is 0 Å². The minimum absolute atomic E-state index is 0.868. The van der Waals surface area contributed by atoms with Gasteiger partial charge in [-0.3, -0.25) is 0 Å². The number of nitrogens with zero attached hydrogens (tertiary/aromatic N) is 2. The van der Waals surface area contributed by atoms with Crippen molar-refractivity contribution in [3.8, 4) is 11.3 Å². The first-order valence-corrected chi connectivity index (χ1v) is 8.04. The van der Waals surface area contributed by atoms with E-state index in [0.29, 0.717) is 0 Å². The predicted octanol–water partition coefficient (Wildman–Crippen LogP) is 3.33. The molecule has 0 unspecified atom stereocenters. The molecule has 2 aromatic heterocycles. The van der Waals surface area contributed by atoms with Gasteiger partial charge < -0.3 is 0 Å². The molecule has 0 aliphatic carbocycles. The van der Waals surface area contributed by atoms with Crippen molar-refractivity contribution in [1.82, 2.24) is 10.1 Å². The number of H-pyrrole nitrogens is 1. The minimum atomic E-state index is 0.868. The van der Waals surface area contributed by atoms with Gasteiger partial charge in [-0.1, -0.05) is 30.3 Å². The van der Waals surface area contributed by atoms with Gasteiger partial charge in [-0.05, 0) is 19.1 Å². The van der Waals surface area contributed by atoms with E-state index in [2.05, 4.69) is 63.4 Å². The van der Waals surface area contributed by atoms with Crippen LogP contribution in [0.5, 0.6) is 0 Å². The molecule has 0 fully saturated rings. The summed E-state index contributed by atoms with van der Waals surface area (Å²) in [5.41, 5.74) is 6.17. The Kier molecular flexibility index (Phi) is 3.04. The number of aromatic nitrogens is 3. The maximum atomic E-state index is 4.64. The lowest BCUT2D eigenvalue weighted by molar-refractivity contribution is -0.741. The van der Waals surface area contributed by atoms with Crippen molar-refractivity contribution in [3.63, 3.8) is 0 Å². The van der Waals surface area contributed by atoms with Crippen molar-refractivity contribution >= 4 is 11.8 Å².